The normalized spacial score (nSPS) is 14.2. The summed E-state index contributed by atoms with van der Waals surface area (Å²) in [6.45, 7) is 0.759. The van der Waals surface area contributed by atoms with Crippen LogP contribution >= 0.6 is 11.6 Å². The standard InChI is InChI=1S/C15H13ClF3N3O3/c16-11-5-9(1-2-13(11)25-15(17,18)19)8-24-14(23)22-4-3-10-6-20-21-12(10)7-22/h1-2,5-6H,3-4,7-8H2,(H,20,21). The summed E-state index contributed by atoms with van der Waals surface area (Å²) in [4.78, 5) is 13.6. The van der Waals surface area contributed by atoms with Crippen LogP contribution in [0.4, 0.5) is 18.0 Å². The van der Waals surface area contributed by atoms with Crippen molar-refractivity contribution in [3.8, 4) is 5.75 Å². The number of fused-ring (bicyclic) bond motifs is 1. The van der Waals surface area contributed by atoms with Crippen molar-refractivity contribution in [3.63, 3.8) is 0 Å². The molecule has 0 bridgehead atoms. The Balaban J connectivity index is 1.57. The van der Waals surface area contributed by atoms with Crippen LogP contribution < -0.4 is 4.74 Å². The lowest BCUT2D eigenvalue weighted by atomic mass is 10.1. The van der Waals surface area contributed by atoms with Gasteiger partial charge in [-0.15, -0.1) is 13.2 Å². The van der Waals surface area contributed by atoms with E-state index < -0.39 is 18.2 Å². The van der Waals surface area contributed by atoms with Gasteiger partial charge in [0.15, 0.2) is 0 Å². The van der Waals surface area contributed by atoms with Crippen LogP contribution in [0.3, 0.4) is 0 Å². The highest BCUT2D eigenvalue weighted by Gasteiger charge is 2.32. The molecular weight excluding hydrogens is 363 g/mol. The molecule has 3 rings (SSSR count). The van der Waals surface area contributed by atoms with E-state index in [1.807, 2.05) is 0 Å². The first-order chi connectivity index (χ1) is 11.8. The molecule has 1 N–H and O–H groups in total. The van der Waals surface area contributed by atoms with Crippen LogP contribution in [0.5, 0.6) is 5.75 Å². The number of amides is 1. The third kappa shape index (κ3) is 4.36. The first-order valence-electron chi connectivity index (χ1n) is 7.29. The van der Waals surface area contributed by atoms with Crippen LogP contribution in [0.15, 0.2) is 24.4 Å². The fourth-order valence-electron chi connectivity index (χ4n) is 2.45. The number of nitrogens with one attached hydrogen (secondary N) is 1. The molecule has 1 aliphatic rings. The van der Waals surface area contributed by atoms with Gasteiger partial charge in [0.2, 0.25) is 0 Å². The number of ether oxygens (including phenoxy) is 2. The number of aromatic amines is 1. The fraction of sp³-hybridized carbons (Fsp3) is 0.333. The number of aromatic nitrogens is 2. The molecule has 6 nitrogen and oxygen atoms in total. The van der Waals surface area contributed by atoms with Gasteiger partial charge in [-0.05, 0) is 29.7 Å². The molecule has 0 radical (unpaired) electrons. The molecule has 1 amide bonds. The van der Waals surface area contributed by atoms with Crippen molar-refractivity contribution in [3.05, 3.63) is 46.2 Å². The quantitative estimate of drug-likeness (QED) is 0.889. The van der Waals surface area contributed by atoms with E-state index in [-0.39, 0.29) is 11.6 Å². The summed E-state index contributed by atoms with van der Waals surface area (Å²) in [6, 6.07) is 3.69. The Morgan fingerprint density at radius 1 is 1.40 bits per heavy atom. The number of carbonyl (C=O) groups excluding carboxylic acids is 1. The van der Waals surface area contributed by atoms with Gasteiger partial charge in [-0.3, -0.25) is 5.10 Å². The highest BCUT2D eigenvalue weighted by atomic mass is 35.5. The zero-order chi connectivity index (χ0) is 18.0. The maximum Gasteiger partial charge on any atom is 0.573 e. The zero-order valence-electron chi connectivity index (χ0n) is 12.8. The second kappa shape index (κ2) is 6.83. The second-order valence-corrected chi connectivity index (χ2v) is 5.82. The molecule has 2 heterocycles. The summed E-state index contributed by atoms with van der Waals surface area (Å²) in [5.74, 6) is -0.507. The summed E-state index contributed by atoms with van der Waals surface area (Å²) in [7, 11) is 0. The summed E-state index contributed by atoms with van der Waals surface area (Å²) in [5.41, 5.74) is 2.38. The van der Waals surface area contributed by atoms with Gasteiger partial charge in [-0.1, -0.05) is 17.7 Å². The minimum Gasteiger partial charge on any atom is -0.445 e. The molecule has 0 unspecified atom stereocenters. The van der Waals surface area contributed by atoms with Crippen molar-refractivity contribution in [1.82, 2.24) is 15.1 Å². The Labute approximate surface area is 145 Å². The Kier molecular flexibility index (Phi) is 4.76. The third-order valence-electron chi connectivity index (χ3n) is 3.65. The van der Waals surface area contributed by atoms with Crippen molar-refractivity contribution < 1.29 is 27.4 Å². The Hall–Kier alpha value is -2.42. The predicted molar refractivity (Wildman–Crippen MR) is 81.0 cm³/mol. The maximum absolute atomic E-state index is 12.2. The molecule has 1 aromatic heterocycles. The topological polar surface area (TPSA) is 67.5 Å². The van der Waals surface area contributed by atoms with E-state index in [9.17, 15) is 18.0 Å². The number of carbonyl (C=O) groups is 1. The van der Waals surface area contributed by atoms with Gasteiger partial charge in [0.25, 0.3) is 0 Å². The van der Waals surface area contributed by atoms with E-state index in [1.54, 1.807) is 6.20 Å². The van der Waals surface area contributed by atoms with E-state index in [4.69, 9.17) is 16.3 Å². The molecule has 25 heavy (non-hydrogen) atoms. The van der Waals surface area contributed by atoms with Crippen LogP contribution in [0.2, 0.25) is 5.02 Å². The number of H-pyrrole nitrogens is 1. The van der Waals surface area contributed by atoms with Crippen LogP contribution in [0.25, 0.3) is 0 Å². The summed E-state index contributed by atoms with van der Waals surface area (Å²) >= 11 is 5.76. The molecule has 134 valence electrons. The minimum absolute atomic E-state index is 0.114. The SMILES string of the molecule is O=C(OCc1ccc(OC(F)(F)F)c(Cl)c1)N1CCc2cn[nH]c2C1. The van der Waals surface area contributed by atoms with Crippen molar-refractivity contribution in [2.45, 2.75) is 25.9 Å². The highest BCUT2D eigenvalue weighted by molar-refractivity contribution is 6.32. The predicted octanol–water partition coefficient (Wildman–Crippen LogP) is 3.66. The molecule has 1 aliphatic heterocycles. The molecule has 2 aromatic rings. The summed E-state index contributed by atoms with van der Waals surface area (Å²) < 4.78 is 45.6. The molecule has 1 aromatic carbocycles. The first-order valence-corrected chi connectivity index (χ1v) is 7.66. The van der Waals surface area contributed by atoms with Gasteiger partial charge >= 0.3 is 12.5 Å². The molecule has 10 heteroatoms. The lowest BCUT2D eigenvalue weighted by molar-refractivity contribution is -0.274. The monoisotopic (exact) mass is 375 g/mol. The fourth-order valence-corrected chi connectivity index (χ4v) is 2.69. The molecule has 0 saturated carbocycles. The minimum atomic E-state index is -4.82. The number of benzene rings is 1. The molecule has 0 aliphatic carbocycles. The largest absolute Gasteiger partial charge is 0.573 e. The molecular formula is C15H13ClF3N3O3. The molecule has 0 saturated heterocycles. The Bertz CT molecular complexity index is 779. The maximum atomic E-state index is 12.2. The van der Waals surface area contributed by atoms with Crippen LogP contribution in [0.1, 0.15) is 16.8 Å². The Morgan fingerprint density at radius 3 is 2.92 bits per heavy atom. The van der Waals surface area contributed by atoms with Crippen molar-refractivity contribution in [2.24, 2.45) is 0 Å². The smallest absolute Gasteiger partial charge is 0.445 e. The lowest BCUT2D eigenvalue weighted by Crippen LogP contribution is -2.36. The third-order valence-corrected chi connectivity index (χ3v) is 3.95. The highest BCUT2D eigenvalue weighted by Crippen LogP contribution is 2.31. The van der Waals surface area contributed by atoms with E-state index >= 15 is 0 Å². The average Bonchev–Trinajstić information content (AvgIpc) is 3.01. The zero-order valence-corrected chi connectivity index (χ0v) is 13.5. The first kappa shape index (κ1) is 17.4. The van der Waals surface area contributed by atoms with Crippen molar-refractivity contribution in [1.29, 1.82) is 0 Å². The van der Waals surface area contributed by atoms with E-state index in [1.165, 1.54) is 17.0 Å². The van der Waals surface area contributed by atoms with E-state index in [0.717, 1.165) is 17.3 Å². The van der Waals surface area contributed by atoms with Crippen LogP contribution in [-0.2, 0) is 24.3 Å². The van der Waals surface area contributed by atoms with E-state index in [2.05, 4.69) is 14.9 Å². The van der Waals surface area contributed by atoms with Crippen molar-refractivity contribution >= 4 is 17.7 Å². The van der Waals surface area contributed by atoms with Gasteiger partial charge in [0, 0.05) is 6.54 Å². The van der Waals surface area contributed by atoms with Crippen molar-refractivity contribution in [2.75, 3.05) is 6.54 Å². The van der Waals surface area contributed by atoms with Gasteiger partial charge in [-0.2, -0.15) is 5.10 Å². The Morgan fingerprint density at radius 2 is 2.20 bits per heavy atom. The summed E-state index contributed by atoms with van der Waals surface area (Å²) in [5, 5.41) is 6.53. The van der Waals surface area contributed by atoms with Gasteiger partial charge in [0.05, 0.1) is 23.5 Å². The molecule has 0 spiro atoms. The van der Waals surface area contributed by atoms with Gasteiger partial charge in [0.1, 0.15) is 12.4 Å². The number of hydrogen-bond donors (Lipinski definition) is 1. The van der Waals surface area contributed by atoms with Crippen LogP contribution in [-0.4, -0.2) is 34.1 Å². The van der Waals surface area contributed by atoms with Crippen LogP contribution in [0, 0.1) is 0 Å². The molecule has 0 fully saturated rings. The molecule has 0 atom stereocenters. The summed E-state index contributed by atoms with van der Waals surface area (Å²) in [6.07, 6.45) is -2.94. The number of halogens is 4. The average molecular weight is 376 g/mol. The number of rotatable bonds is 3. The van der Waals surface area contributed by atoms with E-state index in [0.29, 0.717) is 25.1 Å². The number of nitrogens with zero attached hydrogens (tertiary/aromatic N) is 2. The van der Waals surface area contributed by atoms with Gasteiger partial charge < -0.3 is 14.4 Å². The number of hydrogen-bond acceptors (Lipinski definition) is 4. The second-order valence-electron chi connectivity index (χ2n) is 5.41. The lowest BCUT2D eigenvalue weighted by Gasteiger charge is -2.25. The van der Waals surface area contributed by atoms with Gasteiger partial charge in [-0.25, -0.2) is 4.79 Å². The number of alkyl halides is 3.